The van der Waals surface area contributed by atoms with Crippen LogP contribution in [0.5, 0.6) is 0 Å². The number of ether oxygens (including phenoxy) is 1. The molecule has 2 aliphatic rings. The van der Waals surface area contributed by atoms with E-state index in [0.717, 1.165) is 12.0 Å². The minimum Gasteiger partial charge on any atom is -0.444 e. The average Bonchev–Trinajstić information content (AvgIpc) is 3.14. The van der Waals surface area contributed by atoms with E-state index in [2.05, 4.69) is 9.83 Å². The Morgan fingerprint density at radius 3 is 2.86 bits per heavy atom. The molecule has 5 nitrogen and oxygen atoms in total. The second-order valence-electron chi connectivity index (χ2n) is 7.11. The maximum atomic E-state index is 12.2. The molecular formula is C17H21N3O2. The quantitative estimate of drug-likeness (QED) is 0.749. The maximum Gasteiger partial charge on any atom is 0.410 e. The average molecular weight is 299 g/mol. The van der Waals surface area contributed by atoms with Gasteiger partial charge in [-0.05, 0) is 39.3 Å². The minimum atomic E-state index is -0.495. The molecule has 3 unspecified atom stereocenters. The number of hydrogen-bond donors (Lipinski definition) is 0. The van der Waals surface area contributed by atoms with Crippen LogP contribution in [-0.2, 0) is 10.3 Å². The van der Waals surface area contributed by atoms with E-state index in [1.54, 1.807) is 17.3 Å². The van der Waals surface area contributed by atoms with Gasteiger partial charge < -0.3 is 14.5 Å². The highest BCUT2D eigenvalue weighted by atomic mass is 16.6. The summed E-state index contributed by atoms with van der Waals surface area (Å²) in [6.45, 7) is 14.5. The van der Waals surface area contributed by atoms with E-state index in [1.165, 1.54) is 0 Å². The van der Waals surface area contributed by atoms with E-state index in [-0.39, 0.29) is 12.0 Å². The molecule has 0 aromatic carbocycles. The molecule has 0 N–H and O–H groups in total. The molecule has 0 radical (unpaired) electrons. The fourth-order valence-electron chi connectivity index (χ4n) is 3.58. The number of piperidine rings is 1. The number of rotatable bonds is 1. The summed E-state index contributed by atoms with van der Waals surface area (Å²) in [6.07, 6.45) is 4.08. The van der Waals surface area contributed by atoms with Crippen molar-refractivity contribution in [3.8, 4) is 0 Å². The predicted molar refractivity (Wildman–Crippen MR) is 81.9 cm³/mol. The summed E-state index contributed by atoms with van der Waals surface area (Å²) < 4.78 is 5.45. The number of hydrogen-bond acceptors (Lipinski definition) is 3. The van der Waals surface area contributed by atoms with E-state index in [9.17, 15) is 4.79 Å². The van der Waals surface area contributed by atoms with Crippen LogP contribution in [0.25, 0.3) is 4.85 Å². The van der Waals surface area contributed by atoms with Gasteiger partial charge in [0.25, 0.3) is 5.54 Å². The SMILES string of the molecule is [C-]#[N+]C1(c2cccnc2)C2CCN(C(=O)OC(C)(C)C)CC21. The van der Waals surface area contributed by atoms with Crippen molar-refractivity contribution in [2.75, 3.05) is 13.1 Å². The van der Waals surface area contributed by atoms with Crippen LogP contribution in [-0.4, -0.2) is 34.7 Å². The predicted octanol–water partition coefficient (Wildman–Crippen LogP) is 3.08. The second kappa shape index (κ2) is 4.98. The molecular weight excluding hydrogens is 278 g/mol. The van der Waals surface area contributed by atoms with Crippen LogP contribution in [0.4, 0.5) is 4.79 Å². The number of carbonyl (C=O) groups is 1. The first-order valence-electron chi connectivity index (χ1n) is 7.65. The summed E-state index contributed by atoms with van der Waals surface area (Å²) in [6, 6.07) is 3.85. The number of fused-ring (bicyclic) bond motifs is 1. The van der Waals surface area contributed by atoms with Crippen LogP contribution >= 0.6 is 0 Å². The third kappa shape index (κ3) is 2.33. The lowest BCUT2D eigenvalue weighted by Gasteiger charge is -2.28. The fourth-order valence-corrected chi connectivity index (χ4v) is 3.58. The zero-order chi connectivity index (χ0) is 16.0. The van der Waals surface area contributed by atoms with Crippen LogP contribution in [0.1, 0.15) is 32.8 Å². The molecule has 22 heavy (non-hydrogen) atoms. The number of likely N-dealkylation sites (tertiary alicyclic amines) is 1. The first-order chi connectivity index (χ1) is 10.4. The lowest BCUT2D eigenvalue weighted by molar-refractivity contribution is 0.0207. The molecule has 2 heterocycles. The zero-order valence-corrected chi connectivity index (χ0v) is 13.2. The number of amides is 1. The molecule has 116 valence electrons. The molecule has 1 aromatic rings. The lowest BCUT2D eigenvalue weighted by atomic mass is 10.0. The van der Waals surface area contributed by atoms with Gasteiger partial charge in [-0.15, -0.1) is 0 Å². The molecule has 1 amide bonds. The van der Waals surface area contributed by atoms with Crippen molar-refractivity contribution < 1.29 is 9.53 Å². The molecule has 1 aliphatic heterocycles. The molecule has 0 spiro atoms. The Kier molecular flexibility index (Phi) is 3.36. The van der Waals surface area contributed by atoms with Gasteiger partial charge in [-0.3, -0.25) is 4.98 Å². The van der Waals surface area contributed by atoms with Crippen molar-refractivity contribution in [2.24, 2.45) is 11.8 Å². The molecule has 3 rings (SSSR count). The van der Waals surface area contributed by atoms with Crippen molar-refractivity contribution in [1.82, 2.24) is 9.88 Å². The van der Waals surface area contributed by atoms with Crippen molar-refractivity contribution >= 4 is 6.09 Å². The Bertz CT molecular complexity index is 617. The Balaban J connectivity index is 1.75. The van der Waals surface area contributed by atoms with Crippen molar-refractivity contribution in [3.63, 3.8) is 0 Å². The van der Waals surface area contributed by atoms with Crippen molar-refractivity contribution in [2.45, 2.75) is 38.3 Å². The minimum absolute atomic E-state index is 0.190. The van der Waals surface area contributed by atoms with Gasteiger partial charge in [0.1, 0.15) is 5.60 Å². The van der Waals surface area contributed by atoms with Crippen molar-refractivity contribution in [1.29, 1.82) is 0 Å². The number of pyridine rings is 1. The molecule has 1 aromatic heterocycles. The van der Waals surface area contributed by atoms with Crippen molar-refractivity contribution in [3.05, 3.63) is 41.5 Å². The number of aromatic nitrogens is 1. The first kappa shape index (κ1) is 14.8. The van der Waals surface area contributed by atoms with Gasteiger partial charge >= 0.3 is 6.09 Å². The summed E-state index contributed by atoms with van der Waals surface area (Å²) in [5.74, 6) is 0.517. The largest absolute Gasteiger partial charge is 0.444 e. The zero-order valence-electron chi connectivity index (χ0n) is 13.2. The smallest absolute Gasteiger partial charge is 0.410 e. The van der Waals surface area contributed by atoms with E-state index in [0.29, 0.717) is 19.0 Å². The number of nitrogens with zero attached hydrogens (tertiary/aromatic N) is 3. The summed E-state index contributed by atoms with van der Waals surface area (Å²) in [5, 5.41) is 0. The van der Waals surface area contributed by atoms with E-state index in [1.807, 2.05) is 32.9 Å². The molecule has 1 saturated carbocycles. The summed E-state index contributed by atoms with van der Waals surface area (Å²) in [7, 11) is 0. The van der Waals surface area contributed by atoms with E-state index < -0.39 is 11.1 Å². The summed E-state index contributed by atoms with van der Waals surface area (Å²) >= 11 is 0. The van der Waals surface area contributed by atoms with Crippen LogP contribution in [0.3, 0.4) is 0 Å². The van der Waals surface area contributed by atoms with Crippen LogP contribution in [0, 0.1) is 18.4 Å². The fraction of sp³-hybridized carbons (Fsp3) is 0.588. The maximum absolute atomic E-state index is 12.2. The van der Waals surface area contributed by atoms with Crippen LogP contribution < -0.4 is 0 Å². The molecule has 2 fully saturated rings. The van der Waals surface area contributed by atoms with Gasteiger partial charge in [-0.25, -0.2) is 11.4 Å². The highest BCUT2D eigenvalue weighted by Gasteiger charge is 2.75. The Morgan fingerprint density at radius 2 is 2.27 bits per heavy atom. The molecule has 1 saturated heterocycles. The van der Waals surface area contributed by atoms with E-state index >= 15 is 0 Å². The third-order valence-corrected chi connectivity index (χ3v) is 4.59. The first-order valence-corrected chi connectivity index (χ1v) is 7.65. The Morgan fingerprint density at radius 1 is 1.50 bits per heavy atom. The molecule has 0 bridgehead atoms. The van der Waals surface area contributed by atoms with Crippen LogP contribution in [0.15, 0.2) is 24.5 Å². The lowest BCUT2D eigenvalue weighted by Crippen LogP contribution is -2.40. The number of carbonyl (C=O) groups excluding carboxylic acids is 1. The van der Waals surface area contributed by atoms with Gasteiger partial charge in [-0.1, -0.05) is 0 Å². The Hall–Kier alpha value is -2.09. The topological polar surface area (TPSA) is 46.8 Å². The summed E-state index contributed by atoms with van der Waals surface area (Å²) in [5.41, 5.74) is -0.00558. The van der Waals surface area contributed by atoms with Gasteiger partial charge in [-0.2, -0.15) is 0 Å². The Labute approximate surface area is 131 Å². The van der Waals surface area contributed by atoms with Crippen LogP contribution in [0.2, 0.25) is 0 Å². The van der Waals surface area contributed by atoms with Gasteiger partial charge in [0.15, 0.2) is 0 Å². The van der Waals surface area contributed by atoms with Gasteiger partial charge in [0.2, 0.25) is 0 Å². The van der Waals surface area contributed by atoms with E-state index in [4.69, 9.17) is 11.3 Å². The molecule has 1 aliphatic carbocycles. The second-order valence-corrected chi connectivity index (χ2v) is 7.11. The third-order valence-electron chi connectivity index (χ3n) is 4.59. The molecule has 5 heteroatoms. The monoisotopic (exact) mass is 299 g/mol. The highest BCUT2D eigenvalue weighted by molar-refractivity contribution is 5.68. The summed E-state index contributed by atoms with van der Waals surface area (Å²) in [4.78, 5) is 22.1. The van der Waals surface area contributed by atoms with Gasteiger partial charge in [0.05, 0.1) is 17.4 Å². The normalized spacial score (nSPS) is 30.2. The highest BCUT2D eigenvalue weighted by Crippen LogP contribution is 2.64. The standard InChI is InChI=1S/C17H21N3O2/c1-16(2,3)22-15(21)20-9-7-13-14(11-20)17(13,18-4)12-6-5-8-19-10-12/h5-6,8,10,13-14H,7,9,11H2,1-3H3. The van der Waals surface area contributed by atoms with Gasteiger partial charge in [0, 0.05) is 25.5 Å². The molecule has 3 atom stereocenters.